The number of aliphatic hydroxyl groups excluding tert-OH is 1. The summed E-state index contributed by atoms with van der Waals surface area (Å²) in [5.74, 6) is -0.440. The normalized spacial score (nSPS) is 21.3. The van der Waals surface area contributed by atoms with E-state index in [1.54, 1.807) is 6.07 Å². The van der Waals surface area contributed by atoms with Crippen molar-refractivity contribution in [3.63, 3.8) is 0 Å². The van der Waals surface area contributed by atoms with Crippen LogP contribution in [-0.4, -0.2) is 24.3 Å². The Morgan fingerprint density at radius 2 is 2.27 bits per heavy atom. The summed E-state index contributed by atoms with van der Waals surface area (Å²) in [6.45, 7) is 1.22. The largest absolute Gasteiger partial charge is 0.387 e. The Labute approximate surface area is 92.4 Å². The van der Waals surface area contributed by atoms with E-state index in [0.717, 1.165) is 11.1 Å². The van der Waals surface area contributed by atoms with Crippen LogP contribution < -0.4 is 5.32 Å². The maximum Gasteiger partial charge on any atom is 0.141 e. The number of halogens is 2. The molecule has 2 N–H and O–H groups in total. The highest BCUT2D eigenvalue weighted by Gasteiger charge is 2.16. The average molecular weight is 228 g/mol. The molecule has 1 aromatic rings. The standard InChI is InChI=1S/C11H11ClFNO/c12-9-5-7(1-2-10(9)13)8-3-4-14-6-11(8)15/h1-3,5,11,14-15H,4,6H2/t11-/m0/s1. The third-order valence-corrected chi connectivity index (χ3v) is 2.71. The predicted molar refractivity (Wildman–Crippen MR) is 58.3 cm³/mol. The Morgan fingerprint density at radius 1 is 1.47 bits per heavy atom. The van der Waals surface area contributed by atoms with Gasteiger partial charge >= 0.3 is 0 Å². The smallest absolute Gasteiger partial charge is 0.141 e. The molecule has 0 fully saturated rings. The lowest BCUT2D eigenvalue weighted by Crippen LogP contribution is -2.32. The molecule has 0 radical (unpaired) electrons. The van der Waals surface area contributed by atoms with E-state index in [2.05, 4.69) is 5.32 Å². The first-order valence-corrected chi connectivity index (χ1v) is 5.10. The first-order chi connectivity index (χ1) is 7.18. The van der Waals surface area contributed by atoms with Crippen LogP contribution in [0.2, 0.25) is 5.02 Å². The third kappa shape index (κ3) is 2.20. The molecule has 1 aliphatic rings. The van der Waals surface area contributed by atoms with Crippen molar-refractivity contribution >= 4 is 17.2 Å². The number of benzene rings is 1. The number of hydrogen-bond acceptors (Lipinski definition) is 2. The molecule has 2 rings (SSSR count). The molecule has 0 saturated heterocycles. The zero-order chi connectivity index (χ0) is 10.8. The summed E-state index contributed by atoms with van der Waals surface area (Å²) in [5, 5.41) is 12.8. The summed E-state index contributed by atoms with van der Waals surface area (Å²) in [4.78, 5) is 0. The Hall–Kier alpha value is -0.900. The Morgan fingerprint density at radius 3 is 2.93 bits per heavy atom. The van der Waals surface area contributed by atoms with E-state index >= 15 is 0 Å². The van der Waals surface area contributed by atoms with E-state index in [1.807, 2.05) is 6.08 Å². The molecule has 4 heteroatoms. The first-order valence-electron chi connectivity index (χ1n) is 4.73. The number of hydrogen-bond donors (Lipinski definition) is 2. The summed E-state index contributed by atoms with van der Waals surface area (Å²) >= 11 is 5.68. The van der Waals surface area contributed by atoms with Crippen LogP contribution in [0.25, 0.3) is 5.57 Å². The van der Waals surface area contributed by atoms with Crippen molar-refractivity contribution in [2.45, 2.75) is 6.10 Å². The summed E-state index contributed by atoms with van der Waals surface area (Å²) in [7, 11) is 0. The van der Waals surface area contributed by atoms with Crippen molar-refractivity contribution in [1.29, 1.82) is 0 Å². The molecule has 0 spiro atoms. The molecule has 1 aliphatic heterocycles. The summed E-state index contributed by atoms with van der Waals surface area (Å²) in [6, 6.07) is 4.48. The van der Waals surface area contributed by atoms with Crippen molar-refractivity contribution in [3.05, 3.63) is 40.7 Å². The van der Waals surface area contributed by atoms with Gasteiger partial charge in [-0.15, -0.1) is 0 Å². The summed E-state index contributed by atoms with van der Waals surface area (Å²) in [6.07, 6.45) is 1.33. The second-order valence-electron chi connectivity index (χ2n) is 3.46. The van der Waals surface area contributed by atoms with Gasteiger partial charge in [0.05, 0.1) is 11.1 Å². The SMILES string of the molecule is O[C@H]1CNCC=C1c1ccc(F)c(Cl)c1. The van der Waals surface area contributed by atoms with Crippen molar-refractivity contribution in [1.82, 2.24) is 5.32 Å². The van der Waals surface area contributed by atoms with Gasteiger partial charge in [-0.25, -0.2) is 4.39 Å². The van der Waals surface area contributed by atoms with Crippen LogP contribution in [0.4, 0.5) is 4.39 Å². The van der Waals surface area contributed by atoms with E-state index in [9.17, 15) is 9.50 Å². The van der Waals surface area contributed by atoms with Gasteiger partial charge in [-0.3, -0.25) is 0 Å². The zero-order valence-electron chi connectivity index (χ0n) is 8.00. The maximum absolute atomic E-state index is 12.9. The molecule has 1 atom stereocenters. The van der Waals surface area contributed by atoms with Gasteiger partial charge in [-0.05, 0) is 23.3 Å². The van der Waals surface area contributed by atoms with Crippen LogP contribution in [-0.2, 0) is 0 Å². The molecule has 0 unspecified atom stereocenters. The van der Waals surface area contributed by atoms with Crippen LogP contribution >= 0.6 is 11.6 Å². The average Bonchev–Trinajstić information content (AvgIpc) is 2.23. The lowest BCUT2D eigenvalue weighted by Gasteiger charge is -2.20. The number of aliphatic hydroxyl groups is 1. The van der Waals surface area contributed by atoms with Crippen molar-refractivity contribution in [2.24, 2.45) is 0 Å². The highest BCUT2D eigenvalue weighted by atomic mass is 35.5. The van der Waals surface area contributed by atoms with E-state index in [4.69, 9.17) is 11.6 Å². The lowest BCUT2D eigenvalue weighted by molar-refractivity contribution is 0.225. The van der Waals surface area contributed by atoms with E-state index in [1.165, 1.54) is 12.1 Å². The molecule has 0 aromatic heterocycles. The molecule has 0 saturated carbocycles. The number of β-amino-alcohol motifs (C(OH)–C–C–N with tert-alkyl or cyclic N) is 1. The quantitative estimate of drug-likeness (QED) is 0.767. The highest BCUT2D eigenvalue weighted by molar-refractivity contribution is 6.30. The molecule has 2 nitrogen and oxygen atoms in total. The molecular weight excluding hydrogens is 217 g/mol. The second-order valence-corrected chi connectivity index (χ2v) is 3.87. The monoisotopic (exact) mass is 227 g/mol. The fraction of sp³-hybridized carbons (Fsp3) is 0.273. The minimum Gasteiger partial charge on any atom is -0.387 e. The van der Waals surface area contributed by atoms with Gasteiger partial charge in [0.25, 0.3) is 0 Å². The molecule has 1 aromatic carbocycles. The van der Waals surface area contributed by atoms with E-state index in [-0.39, 0.29) is 5.02 Å². The van der Waals surface area contributed by atoms with Crippen molar-refractivity contribution in [3.8, 4) is 0 Å². The second kappa shape index (κ2) is 4.31. The summed E-state index contributed by atoms with van der Waals surface area (Å²) < 4.78 is 12.9. The van der Waals surface area contributed by atoms with Crippen LogP contribution in [0.5, 0.6) is 0 Å². The van der Waals surface area contributed by atoms with Gasteiger partial charge in [0.15, 0.2) is 0 Å². The maximum atomic E-state index is 12.9. The molecule has 0 aliphatic carbocycles. The summed E-state index contributed by atoms with van der Waals surface area (Å²) in [5.41, 5.74) is 1.58. The van der Waals surface area contributed by atoms with Gasteiger partial charge in [-0.2, -0.15) is 0 Å². The van der Waals surface area contributed by atoms with E-state index < -0.39 is 11.9 Å². The third-order valence-electron chi connectivity index (χ3n) is 2.42. The fourth-order valence-electron chi connectivity index (χ4n) is 1.63. The number of nitrogens with one attached hydrogen (secondary N) is 1. The fourth-order valence-corrected chi connectivity index (χ4v) is 1.81. The Bertz CT molecular complexity index is 406. The lowest BCUT2D eigenvalue weighted by atomic mass is 9.98. The molecule has 80 valence electrons. The molecule has 1 heterocycles. The minimum atomic E-state index is -0.555. The molecule has 15 heavy (non-hydrogen) atoms. The van der Waals surface area contributed by atoms with Crippen molar-refractivity contribution < 1.29 is 9.50 Å². The van der Waals surface area contributed by atoms with Gasteiger partial charge in [0, 0.05) is 13.1 Å². The number of rotatable bonds is 1. The zero-order valence-corrected chi connectivity index (χ0v) is 8.76. The van der Waals surface area contributed by atoms with Crippen LogP contribution in [0.15, 0.2) is 24.3 Å². The van der Waals surface area contributed by atoms with Gasteiger partial charge in [0.2, 0.25) is 0 Å². The van der Waals surface area contributed by atoms with Gasteiger partial charge in [0.1, 0.15) is 5.82 Å². The molecule has 0 amide bonds. The molecular formula is C11H11ClFNO. The Balaban J connectivity index is 2.36. The van der Waals surface area contributed by atoms with Crippen LogP contribution in [0.1, 0.15) is 5.56 Å². The van der Waals surface area contributed by atoms with Crippen LogP contribution in [0, 0.1) is 5.82 Å². The predicted octanol–water partition coefficient (Wildman–Crippen LogP) is 1.83. The van der Waals surface area contributed by atoms with Crippen molar-refractivity contribution in [2.75, 3.05) is 13.1 Å². The minimum absolute atomic E-state index is 0.0825. The van der Waals surface area contributed by atoms with Crippen LogP contribution in [0.3, 0.4) is 0 Å². The van der Waals surface area contributed by atoms with Gasteiger partial charge < -0.3 is 10.4 Å². The molecule has 0 bridgehead atoms. The van der Waals surface area contributed by atoms with E-state index in [0.29, 0.717) is 13.1 Å². The first kappa shape index (κ1) is 10.6. The topological polar surface area (TPSA) is 32.3 Å². The highest BCUT2D eigenvalue weighted by Crippen LogP contribution is 2.24. The van der Waals surface area contributed by atoms with Gasteiger partial charge in [-0.1, -0.05) is 23.7 Å². The Kier molecular flexibility index (Phi) is 3.05.